The van der Waals surface area contributed by atoms with Crippen molar-refractivity contribution in [3.63, 3.8) is 0 Å². The Labute approximate surface area is 117 Å². The van der Waals surface area contributed by atoms with E-state index < -0.39 is 10.0 Å². The second kappa shape index (κ2) is 6.65. The van der Waals surface area contributed by atoms with Crippen molar-refractivity contribution >= 4 is 26.0 Å². The van der Waals surface area contributed by atoms with Gasteiger partial charge in [-0.3, -0.25) is 0 Å². The van der Waals surface area contributed by atoms with Gasteiger partial charge in [0.2, 0.25) is 10.0 Å². The predicted octanol–water partition coefficient (Wildman–Crippen LogP) is 2.21. The van der Waals surface area contributed by atoms with Gasteiger partial charge >= 0.3 is 0 Å². The smallest absolute Gasteiger partial charge is 0.214 e. The summed E-state index contributed by atoms with van der Waals surface area (Å²) >= 11 is 3.45. The van der Waals surface area contributed by atoms with E-state index in [0.717, 1.165) is 15.6 Å². The number of aryl methyl sites for hydroxylation is 1. The fourth-order valence-corrected chi connectivity index (χ4v) is 3.12. The molecule has 4 nitrogen and oxygen atoms in total. The molecule has 1 aromatic rings. The monoisotopic (exact) mass is 335 g/mol. The van der Waals surface area contributed by atoms with Crippen molar-refractivity contribution in [2.75, 3.05) is 12.9 Å². The molecule has 0 fully saturated rings. The van der Waals surface area contributed by atoms with Crippen LogP contribution in [-0.2, 0) is 21.3 Å². The second-order valence-electron chi connectivity index (χ2n) is 4.20. The third kappa shape index (κ3) is 4.68. The third-order valence-corrected chi connectivity index (χ3v) is 5.24. The standard InChI is InChI=1S/C12H18BrNO3S/c1-9-5-4-6-11(12(9)13)7-14-18(15,16)8-10(2)17-3/h4-6,10,14H,7-8H2,1-3H3/t10-/m0/s1. The van der Waals surface area contributed by atoms with E-state index >= 15 is 0 Å². The molecule has 0 aromatic heterocycles. The van der Waals surface area contributed by atoms with Gasteiger partial charge < -0.3 is 4.74 Å². The molecular weight excluding hydrogens is 318 g/mol. The van der Waals surface area contributed by atoms with Crippen LogP contribution >= 0.6 is 15.9 Å². The van der Waals surface area contributed by atoms with Gasteiger partial charge in [-0.25, -0.2) is 13.1 Å². The Bertz CT molecular complexity index is 502. The summed E-state index contributed by atoms with van der Waals surface area (Å²) in [5, 5.41) is 0. The Morgan fingerprint density at radius 2 is 2.11 bits per heavy atom. The van der Waals surface area contributed by atoms with E-state index in [1.165, 1.54) is 7.11 Å². The number of nitrogens with one attached hydrogen (secondary N) is 1. The van der Waals surface area contributed by atoms with Crippen LogP contribution in [0.1, 0.15) is 18.1 Å². The molecule has 0 heterocycles. The van der Waals surface area contributed by atoms with E-state index in [2.05, 4.69) is 20.7 Å². The highest BCUT2D eigenvalue weighted by Gasteiger charge is 2.15. The van der Waals surface area contributed by atoms with Crippen LogP contribution in [-0.4, -0.2) is 27.4 Å². The molecule has 1 atom stereocenters. The highest BCUT2D eigenvalue weighted by Crippen LogP contribution is 2.20. The second-order valence-corrected chi connectivity index (χ2v) is 6.84. The van der Waals surface area contributed by atoms with Gasteiger partial charge in [0.15, 0.2) is 0 Å². The molecule has 0 saturated carbocycles. The van der Waals surface area contributed by atoms with Crippen LogP contribution in [0.3, 0.4) is 0 Å². The van der Waals surface area contributed by atoms with E-state index in [0.29, 0.717) is 0 Å². The predicted molar refractivity (Wildman–Crippen MR) is 76.0 cm³/mol. The van der Waals surface area contributed by atoms with E-state index in [-0.39, 0.29) is 18.4 Å². The lowest BCUT2D eigenvalue weighted by atomic mass is 10.1. The maximum Gasteiger partial charge on any atom is 0.214 e. The molecule has 0 radical (unpaired) electrons. The minimum Gasteiger partial charge on any atom is -0.381 e. The van der Waals surface area contributed by atoms with E-state index in [1.54, 1.807) is 6.92 Å². The van der Waals surface area contributed by atoms with E-state index in [1.807, 2.05) is 25.1 Å². The van der Waals surface area contributed by atoms with Gasteiger partial charge in [0.05, 0.1) is 11.9 Å². The molecule has 0 saturated heterocycles. The van der Waals surface area contributed by atoms with Crippen LogP contribution < -0.4 is 4.72 Å². The lowest BCUT2D eigenvalue weighted by Gasteiger charge is -2.12. The van der Waals surface area contributed by atoms with Crippen LogP contribution in [0.2, 0.25) is 0 Å². The van der Waals surface area contributed by atoms with Crippen LogP contribution in [0.25, 0.3) is 0 Å². The highest BCUT2D eigenvalue weighted by atomic mass is 79.9. The fraction of sp³-hybridized carbons (Fsp3) is 0.500. The Balaban J connectivity index is 2.68. The van der Waals surface area contributed by atoms with Crippen molar-refractivity contribution in [1.29, 1.82) is 0 Å². The zero-order chi connectivity index (χ0) is 13.8. The van der Waals surface area contributed by atoms with Gasteiger partial charge in [-0.2, -0.15) is 0 Å². The van der Waals surface area contributed by atoms with Crippen molar-refractivity contribution in [2.24, 2.45) is 0 Å². The molecule has 0 bridgehead atoms. The lowest BCUT2D eigenvalue weighted by Crippen LogP contribution is -2.31. The van der Waals surface area contributed by atoms with Crippen molar-refractivity contribution in [3.05, 3.63) is 33.8 Å². The molecule has 102 valence electrons. The zero-order valence-electron chi connectivity index (χ0n) is 10.7. The SMILES string of the molecule is CO[C@@H](C)CS(=O)(=O)NCc1cccc(C)c1Br. The average molecular weight is 336 g/mol. The summed E-state index contributed by atoms with van der Waals surface area (Å²) in [7, 11) is -1.82. The summed E-state index contributed by atoms with van der Waals surface area (Å²) in [6.45, 7) is 3.97. The fourth-order valence-electron chi connectivity index (χ4n) is 1.47. The maximum atomic E-state index is 11.8. The molecule has 1 rings (SSSR count). The van der Waals surface area contributed by atoms with Crippen molar-refractivity contribution in [3.8, 4) is 0 Å². The van der Waals surface area contributed by atoms with Crippen LogP contribution in [0, 0.1) is 6.92 Å². The number of hydrogen-bond donors (Lipinski definition) is 1. The summed E-state index contributed by atoms with van der Waals surface area (Å²) in [6.07, 6.45) is -0.316. The van der Waals surface area contributed by atoms with E-state index in [4.69, 9.17) is 4.74 Å². The average Bonchev–Trinajstić information content (AvgIpc) is 2.30. The number of rotatable bonds is 6. The summed E-state index contributed by atoms with van der Waals surface area (Å²) in [6, 6.07) is 5.76. The molecule has 0 aliphatic rings. The molecule has 1 N–H and O–H groups in total. The summed E-state index contributed by atoms with van der Waals surface area (Å²) in [5.41, 5.74) is 2.00. The molecule has 0 amide bonds. The number of sulfonamides is 1. The van der Waals surface area contributed by atoms with Crippen LogP contribution in [0.4, 0.5) is 0 Å². The van der Waals surface area contributed by atoms with Crippen molar-refractivity contribution in [2.45, 2.75) is 26.5 Å². The molecular formula is C12H18BrNO3S. The minimum absolute atomic E-state index is 0.0348. The first kappa shape index (κ1) is 15.6. The van der Waals surface area contributed by atoms with E-state index in [9.17, 15) is 8.42 Å². The summed E-state index contributed by atoms with van der Waals surface area (Å²) < 4.78 is 32.0. The van der Waals surface area contributed by atoms with Crippen LogP contribution in [0.5, 0.6) is 0 Å². The quantitative estimate of drug-likeness (QED) is 0.867. The number of methoxy groups -OCH3 is 1. The Kier molecular flexibility index (Phi) is 5.78. The zero-order valence-corrected chi connectivity index (χ0v) is 13.1. The normalized spacial score (nSPS) is 13.6. The van der Waals surface area contributed by atoms with Crippen molar-refractivity contribution < 1.29 is 13.2 Å². The molecule has 6 heteroatoms. The summed E-state index contributed by atoms with van der Waals surface area (Å²) in [4.78, 5) is 0. The molecule has 0 unspecified atom stereocenters. The number of benzene rings is 1. The Hall–Kier alpha value is -0.430. The van der Waals surface area contributed by atoms with Gasteiger partial charge in [-0.1, -0.05) is 34.1 Å². The van der Waals surface area contributed by atoms with Gasteiger partial charge in [0.25, 0.3) is 0 Å². The molecule has 0 aliphatic heterocycles. The van der Waals surface area contributed by atoms with Gasteiger partial charge in [0.1, 0.15) is 0 Å². The summed E-state index contributed by atoms with van der Waals surface area (Å²) in [5.74, 6) is -0.0348. The molecule has 18 heavy (non-hydrogen) atoms. The largest absolute Gasteiger partial charge is 0.381 e. The first-order valence-electron chi connectivity index (χ1n) is 5.60. The van der Waals surface area contributed by atoms with Crippen LogP contribution in [0.15, 0.2) is 22.7 Å². The Morgan fingerprint density at radius 1 is 1.44 bits per heavy atom. The Morgan fingerprint density at radius 3 is 2.72 bits per heavy atom. The van der Waals surface area contributed by atoms with Crippen molar-refractivity contribution in [1.82, 2.24) is 4.72 Å². The lowest BCUT2D eigenvalue weighted by molar-refractivity contribution is 0.136. The molecule has 0 aliphatic carbocycles. The number of ether oxygens (including phenoxy) is 1. The third-order valence-electron chi connectivity index (χ3n) is 2.61. The topological polar surface area (TPSA) is 55.4 Å². The number of halogens is 1. The van der Waals surface area contributed by atoms with Gasteiger partial charge in [-0.05, 0) is 25.0 Å². The first-order valence-corrected chi connectivity index (χ1v) is 8.04. The van der Waals surface area contributed by atoms with Gasteiger partial charge in [0, 0.05) is 18.1 Å². The minimum atomic E-state index is -3.32. The number of hydrogen-bond acceptors (Lipinski definition) is 3. The maximum absolute atomic E-state index is 11.8. The highest BCUT2D eigenvalue weighted by molar-refractivity contribution is 9.10. The first-order chi connectivity index (χ1) is 8.35. The molecule has 1 aromatic carbocycles. The van der Waals surface area contributed by atoms with Gasteiger partial charge in [-0.15, -0.1) is 0 Å². The molecule has 0 spiro atoms.